The Morgan fingerprint density at radius 2 is 2.21 bits per heavy atom. The van der Waals surface area contributed by atoms with Crippen molar-refractivity contribution in [2.45, 2.75) is 45.2 Å². The molecular weight excluding hydrogens is 238 g/mol. The van der Waals surface area contributed by atoms with E-state index in [1.807, 2.05) is 0 Å². The Bertz CT molecular complexity index is 225. The molecule has 0 amide bonds. The van der Waals surface area contributed by atoms with E-state index in [-0.39, 0.29) is 0 Å². The van der Waals surface area contributed by atoms with Gasteiger partial charge in [-0.1, -0.05) is 13.8 Å². The first-order valence-corrected chi connectivity index (χ1v) is 7.86. The van der Waals surface area contributed by atoms with Gasteiger partial charge in [-0.15, -0.1) is 0 Å². The highest BCUT2D eigenvalue weighted by Crippen LogP contribution is 2.17. The Morgan fingerprint density at radius 3 is 2.84 bits per heavy atom. The molecule has 0 bridgehead atoms. The lowest BCUT2D eigenvalue weighted by Gasteiger charge is -2.33. The SMILES string of the molecule is CCCNCC(COC)N(C)CC1CCCN1CC. The number of rotatable bonds is 10. The highest BCUT2D eigenvalue weighted by molar-refractivity contribution is 4.83. The van der Waals surface area contributed by atoms with Gasteiger partial charge < -0.3 is 10.1 Å². The zero-order chi connectivity index (χ0) is 14.1. The Balaban J connectivity index is 2.39. The smallest absolute Gasteiger partial charge is 0.0630 e. The van der Waals surface area contributed by atoms with Crippen LogP contribution in [0.2, 0.25) is 0 Å². The van der Waals surface area contributed by atoms with Gasteiger partial charge in [0.05, 0.1) is 6.61 Å². The molecule has 1 N–H and O–H groups in total. The van der Waals surface area contributed by atoms with Gasteiger partial charge in [-0.25, -0.2) is 0 Å². The second kappa shape index (κ2) is 9.70. The van der Waals surface area contributed by atoms with Gasteiger partial charge in [-0.3, -0.25) is 9.80 Å². The first kappa shape index (κ1) is 16.9. The maximum atomic E-state index is 5.38. The topological polar surface area (TPSA) is 27.7 Å². The molecule has 0 aromatic carbocycles. The van der Waals surface area contributed by atoms with Crippen LogP contribution in [0.3, 0.4) is 0 Å². The number of nitrogens with zero attached hydrogens (tertiary/aromatic N) is 2. The van der Waals surface area contributed by atoms with Crippen LogP contribution in [0.15, 0.2) is 0 Å². The lowest BCUT2D eigenvalue weighted by molar-refractivity contribution is 0.0876. The van der Waals surface area contributed by atoms with Crippen molar-refractivity contribution in [2.75, 3.05) is 53.5 Å². The molecule has 1 rings (SSSR count). The van der Waals surface area contributed by atoms with Crippen molar-refractivity contribution in [1.29, 1.82) is 0 Å². The third-order valence-corrected chi connectivity index (χ3v) is 4.19. The molecule has 1 aliphatic rings. The molecule has 0 spiro atoms. The van der Waals surface area contributed by atoms with E-state index in [1.165, 1.54) is 32.4 Å². The Hall–Kier alpha value is -0.160. The summed E-state index contributed by atoms with van der Waals surface area (Å²) in [5, 5.41) is 3.52. The van der Waals surface area contributed by atoms with E-state index < -0.39 is 0 Å². The highest BCUT2D eigenvalue weighted by atomic mass is 16.5. The minimum Gasteiger partial charge on any atom is -0.383 e. The monoisotopic (exact) mass is 271 g/mol. The fourth-order valence-corrected chi connectivity index (χ4v) is 2.98. The van der Waals surface area contributed by atoms with Crippen molar-refractivity contribution in [3.8, 4) is 0 Å². The number of likely N-dealkylation sites (tertiary alicyclic amines) is 1. The summed E-state index contributed by atoms with van der Waals surface area (Å²) >= 11 is 0. The van der Waals surface area contributed by atoms with Crippen molar-refractivity contribution in [1.82, 2.24) is 15.1 Å². The summed E-state index contributed by atoms with van der Waals surface area (Å²) in [4.78, 5) is 5.09. The fraction of sp³-hybridized carbons (Fsp3) is 1.00. The quantitative estimate of drug-likeness (QED) is 0.608. The molecule has 1 aliphatic heterocycles. The van der Waals surface area contributed by atoms with Crippen molar-refractivity contribution in [3.63, 3.8) is 0 Å². The summed E-state index contributed by atoms with van der Waals surface area (Å²) in [6, 6.07) is 1.22. The summed E-state index contributed by atoms with van der Waals surface area (Å²) in [5.41, 5.74) is 0. The number of methoxy groups -OCH3 is 1. The van der Waals surface area contributed by atoms with Gasteiger partial charge in [-0.05, 0) is 45.9 Å². The zero-order valence-electron chi connectivity index (χ0n) is 13.3. The van der Waals surface area contributed by atoms with E-state index >= 15 is 0 Å². The molecule has 1 fully saturated rings. The molecule has 114 valence electrons. The molecule has 0 radical (unpaired) electrons. The van der Waals surface area contributed by atoms with E-state index in [4.69, 9.17) is 4.74 Å². The molecule has 2 atom stereocenters. The van der Waals surface area contributed by atoms with Gasteiger partial charge in [0.2, 0.25) is 0 Å². The van der Waals surface area contributed by atoms with Crippen LogP contribution >= 0.6 is 0 Å². The third kappa shape index (κ3) is 5.78. The molecule has 1 saturated heterocycles. The molecule has 0 aromatic rings. The third-order valence-electron chi connectivity index (χ3n) is 4.19. The first-order chi connectivity index (χ1) is 9.22. The molecule has 1 heterocycles. The minimum absolute atomic E-state index is 0.482. The average Bonchev–Trinajstić information content (AvgIpc) is 2.85. The van der Waals surface area contributed by atoms with Gasteiger partial charge in [0.15, 0.2) is 0 Å². The summed E-state index contributed by atoms with van der Waals surface area (Å²) in [7, 11) is 4.04. The predicted molar refractivity (Wildman–Crippen MR) is 81.7 cm³/mol. The molecular formula is C15H33N3O. The van der Waals surface area contributed by atoms with Gasteiger partial charge in [0.25, 0.3) is 0 Å². The van der Waals surface area contributed by atoms with Crippen LogP contribution in [0.4, 0.5) is 0 Å². The minimum atomic E-state index is 0.482. The van der Waals surface area contributed by atoms with E-state index in [1.54, 1.807) is 7.11 Å². The van der Waals surface area contributed by atoms with Crippen LogP contribution in [0.25, 0.3) is 0 Å². The summed E-state index contributed by atoms with van der Waals surface area (Å²) < 4.78 is 5.38. The summed E-state index contributed by atoms with van der Waals surface area (Å²) in [6.45, 7) is 11.0. The fourth-order valence-electron chi connectivity index (χ4n) is 2.98. The second-order valence-electron chi connectivity index (χ2n) is 5.68. The lowest BCUT2D eigenvalue weighted by atomic mass is 10.1. The molecule has 4 nitrogen and oxygen atoms in total. The van der Waals surface area contributed by atoms with Crippen molar-refractivity contribution >= 4 is 0 Å². The molecule has 0 saturated carbocycles. The first-order valence-electron chi connectivity index (χ1n) is 7.86. The second-order valence-corrected chi connectivity index (χ2v) is 5.68. The Morgan fingerprint density at radius 1 is 1.42 bits per heavy atom. The van der Waals surface area contributed by atoms with Crippen LogP contribution < -0.4 is 5.32 Å². The lowest BCUT2D eigenvalue weighted by Crippen LogP contribution is -2.48. The molecule has 2 unspecified atom stereocenters. The van der Waals surface area contributed by atoms with E-state index in [2.05, 4.69) is 36.0 Å². The van der Waals surface area contributed by atoms with Gasteiger partial charge >= 0.3 is 0 Å². The Kier molecular flexibility index (Phi) is 8.62. The molecule has 0 aliphatic carbocycles. The van der Waals surface area contributed by atoms with Gasteiger partial charge in [0, 0.05) is 32.3 Å². The van der Waals surface area contributed by atoms with Crippen molar-refractivity contribution in [3.05, 3.63) is 0 Å². The van der Waals surface area contributed by atoms with Crippen LogP contribution in [-0.2, 0) is 4.74 Å². The van der Waals surface area contributed by atoms with Gasteiger partial charge in [0.1, 0.15) is 0 Å². The van der Waals surface area contributed by atoms with Crippen LogP contribution in [0, 0.1) is 0 Å². The van der Waals surface area contributed by atoms with E-state index in [9.17, 15) is 0 Å². The van der Waals surface area contributed by atoms with E-state index in [0.29, 0.717) is 6.04 Å². The predicted octanol–water partition coefficient (Wildman–Crippen LogP) is 1.42. The number of nitrogens with one attached hydrogen (secondary N) is 1. The standard InChI is InChI=1S/C15H33N3O/c1-5-9-16-11-15(13-19-4)17(3)12-14-8-7-10-18(14)6-2/h14-16H,5-13H2,1-4H3. The molecule has 19 heavy (non-hydrogen) atoms. The Labute approximate surface area is 119 Å². The van der Waals surface area contributed by atoms with Gasteiger partial charge in [-0.2, -0.15) is 0 Å². The zero-order valence-corrected chi connectivity index (χ0v) is 13.3. The normalized spacial score (nSPS) is 22.3. The number of hydrogen-bond donors (Lipinski definition) is 1. The summed E-state index contributed by atoms with van der Waals surface area (Å²) in [6.07, 6.45) is 3.89. The van der Waals surface area contributed by atoms with E-state index in [0.717, 1.165) is 32.3 Å². The van der Waals surface area contributed by atoms with Crippen LogP contribution in [0.5, 0.6) is 0 Å². The number of hydrogen-bond acceptors (Lipinski definition) is 4. The molecule has 4 heteroatoms. The van der Waals surface area contributed by atoms with Crippen LogP contribution in [0.1, 0.15) is 33.1 Å². The maximum absolute atomic E-state index is 5.38. The maximum Gasteiger partial charge on any atom is 0.0630 e. The number of ether oxygens (including phenoxy) is 1. The number of likely N-dealkylation sites (N-methyl/N-ethyl adjacent to an activating group) is 2. The van der Waals surface area contributed by atoms with Crippen LogP contribution in [-0.4, -0.2) is 75.4 Å². The van der Waals surface area contributed by atoms with Crippen molar-refractivity contribution in [2.24, 2.45) is 0 Å². The molecule has 0 aromatic heterocycles. The summed E-state index contributed by atoms with van der Waals surface area (Å²) in [5.74, 6) is 0. The highest BCUT2D eigenvalue weighted by Gasteiger charge is 2.26. The van der Waals surface area contributed by atoms with Crippen molar-refractivity contribution < 1.29 is 4.74 Å². The average molecular weight is 271 g/mol. The largest absolute Gasteiger partial charge is 0.383 e.